The van der Waals surface area contributed by atoms with E-state index < -0.39 is 12.0 Å². The normalized spacial score (nSPS) is 12.8. The number of carbonyl (C=O) groups is 1. The molecule has 6 heteroatoms. The van der Waals surface area contributed by atoms with Crippen LogP contribution in [0.1, 0.15) is 5.69 Å². The number of carboxylic acids is 1. The van der Waals surface area contributed by atoms with Crippen molar-refractivity contribution in [1.29, 1.82) is 0 Å². The number of benzene rings is 1. The number of hydrogen-bond acceptors (Lipinski definition) is 4. The molecule has 0 saturated carbocycles. The summed E-state index contributed by atoms with van der Waals surface area (Å²) < 4.78 is 1.84. The number of nitrogens with two attached hydrogens (primary N) is 1. The Labute approximate surface area is 109 Å². The van der Waals surface area contributed by atoms with Gasteiger partial charge in [-0.05, 0) is 6.07 Å². The maximum absolute atomic E-state index is 10.6. The summed E-state index contributed by atoms with van der Waals surface area (Å²) in [5.74, 6) is 0.0936. The van der Waals surface area contributed by atoms with Crippen molar-refractivity contribution < 1.29 is 9.90 Å². The lowest BCUT2D eigenvalue weighted by Gasteiger charge is -2.04. The fourth-order valence-electron chi connectivity index (χ4n) is 1.75. The fraction of sp³-hybridized carbons (Fsp3) is 0.333. The summed E-state index contributed by atoms with van der Waals surface area (Å²) in [7, 11) is 1.90. The number of aryl methyl sites for hydroxylation is 1. The van der Waals surface area contributed by atoms with E-state index in [1.165, 1.54) is 11.8 Å². The van der Waals surface area contributed by atoms with Crippen molar-refractivity contribution in [3.8, 4) is 0 Å². The van der Waals surface area contributed by atoms with E-state index in [1.54, 1.807) is 0 Å². The van der Waals surface area contributed by atoms with Gasteiger partial charge in [0.2, 0.25) is 0 Å². The minimum Gasteiger partial charge on any atom is -0.480 e. The molecule has 0 aliphatic heterocycles. The van der Waals surface area contributed by atoms with Crippen LogP contribution in [-0.2, 0) is 17.6 Å². The minimum absolute atomic E-state index is 0.389. The Morgan fingerprint density at radius 2 is 2.28 bits per heavy atom. The number of nitrogens with zero attached hydrogens (tertiary/aromatic N) is 2. The molecule has 0 bridgehead atoms. The third-order valence-electron chi connectivity index (χ3n) is 2.69. The van der Waals surface area contributed by atoms with Crippen LogP contribution in [0.15, 0.2) is 24.3 Å². The average molecular weight is 265 g/mol. The highest BCUT2D eigenvalue weighted by Crippen LogP contribution is 2.21. The second-order valence-corrected chi connectivity index (χ2v) is 5.08. The third-order valence-corrected chi connectivity index (χ3v) is 3.76. The van der Waals surface area contributed by atoms with E-state index in [4.69, 9.17) is 10.8 Å². The molecule has 0 spiro atoms. The van der Waals surface area contributed by atoms with Gasteiger partial charge in [-0.1, -0.05) is 18.2 Å². The SMILES string of the molecule is Cn1nc(CSC[C@@H](N)C(=O)O)c2ccccc21. The Balaban J connectivity index is 2.06. The molecule has 5 nitrogen and oxygen atoms in total. The van der Waals surface area contributed by atoms with E-state index in [0.29, 0.717) is 11.5 Å². The number of carboxylic acid groups (broad SMARTS) is 1. The number of fused-ring (bicyclic) bond motifs is 1. The third kappa shape index (κ3) is 2.65. The maximum Gasteiger partial charge on any atom is 0.321 e. The van der Waals surface area contributed by atoms with Gasteiger partial charge in [0.05, 0.1) is 11.2 Å². The van der Waals surface area contributed by atoms with Gasteiger partial charge in [-0.25, -0.2) is 0 Å². The highest BCUT2D eigenvalue weighted by Gasteiger charge is 2.13. The summed E-state index contributed by atoms with van der Waals surface area (Å²) in [4.78, 5) is 10.6. The summed E-state index contributed by atoms with van der Waals surface area (Å²) in [6, 6.07) is 7.17. The lowest BCUT2D eigenvalue weighted by Crippen LogP contribution is -2.32. The first kappa shape index (κ1) is 12.9. The summed E-state index contributed by atoms with van der Waals surface area (Å²) >= 11 is 1.49. The van der Waals surface area contributed by atoms with Crippen molar-refractivity contribution in [3.63, 3.8) is 0 Å². The van der Waals surface area contributed by atoms with Crippen molar-refractivity contribution in [1.82, 2.24) is 9.78 Å². The molecule has 0 amide bonds. The van der Waals surface area contributed by atoms with E-state index >= 15 is 0 Å². The smallest absolute Gasteiger partial charge is 0.321 e. The number of aliphatic carboxylic acids is 1. The zero-order valence-corrected chi connectivity index (χ0v) is 10.9. The Kier molecular flexibility index (Phi) is 3.88. The van der Waals surface area contributed by atoms with Gasteiger partial charge < -0.3 is 10.8 Å². The van der Waals surface area contributed by atoms with Crippen molar-refractivity contribution in [3.05, 3.63) is 30.0 Å². The van der Waals surface area contributed by atoms with Gasteiger partial charge in [-0.2, -0.15) is 16.9 Å². The molecule has 2 rings (SSSR count). The quantitative estimate of drug-likeness (QED) is 0.849. The molecule has 1 heterocycles. The Bertz CT molecular complexity index is 567. The van der Waals surface area contributed by atoms with Gasteiger partial charge in [0.15, 0.2) is 0 Å². The van der Waals surface area contributed by atoms with Crippen molar-refractivity contribution in [2.45, 2.75) is 11.8 Å². The average Bonchev–Trinajstić information content (AvgIpc) is 2.67. The van der Waals surface area contributed by atoms with Crippen LogP contribution >= 0.6 is 11.8 Å². The zero-order chi connectivity index (χ0) is 13.1. The Morgan fingerprint density at radius 1 is 1.56 bits per heavy atom. The zero-order valence-electron chi connectivity index (χ0n) is 10.0. The molecular formula is C12H15N3O2S. The second kappa shape index (κ2) is 5.41. The Hall–Kier alpha value is -1.53. The number of hydrogen-bond donors (Lipinski definition) is 2. The first-order valence-electron chi connectivity index (χ1n) is 5.56. The molecule has 96 valence electrons. The van der Waals surface area contributed by atoms with Crippen LogP contribution in [0, 0.1) is 0 Å². The first-order valence-corrected chi connectivity index (χ1v) is 6.72. The molecule has 1 aromatic heterocycles. The predicted octanol–water partition coefficient (Wildman–Crippen LogP) is 1.22. The van der Waals surface area contributed by atoms with Crippen LogP contribution in [0.25, 0.3) is 10.9 Å². The highest BCUT2D eigenvalue weighted by atomic mass is 32.2. The fourth-order valence-corrected chi connectivity index (χ4v) is 2.67. The molecule has 1 aromatic carbocycles. The predicted molar refractivity (Wildman–Crippen MR) is 72.5 cm³/mol. The van der Waals surface area contributed by atoms with Crippen LogP contribution < -0.4 is 5.73 Å². The standard InChI is InChI=1S/C12H15N3O2S/c1-15-11-5-3-2-4-8(11)10(14-15)7-18-6-9(13)12(16)17/h2-5,9H,6-7,13H2,1H3,(H,16,17)/t9-/m1/s1. The first-order chi connectivity index (χ1) is 8.59. The second-order valence-electron chi connectivity index (χ2n) is 4.05. The monoisotopic (exact) mass is 265 g/mol. The summed E-state index contributed by atoms with van der Waals surface area (Å²) in [5.41, 5.74) is 7.50. The topological polar surface area (TPSA) is 81.1 Å². The molecule has 0 aliphatic carbocycles. The van der Waals surface area contributed by atoms with Crippen LogP contribution in [0.3, 0.4) is 0 Å². The number of aromatic nitrogens is 2. The summed E-state index contributed by atoms with van der Waals surface area (Å²) in [6.07, 6.45) is 0. The van der Waals surface area contributed by atoms with Crippen molar-refractivity contribution in [2.75, 3.05) is 5.75 Å². The van der Waals surface area contributed by atoms with Gasteiger partial charge in [-0.15, -0.1) is 0 Å². The van der Waals surface area contributed by atoms with Crippen LogP contribution in [0.5, 0.6) is 0 Å². The highest BCUT2D eigenvalue weighted by molar-refractivity contribution is 7.98. The van der Waals surface area contributed by atoms with E-state index in [1.807, 2.05) is 36.0 Å². The van der Waals surface area contributed by atoms with Gasteiger partial charge >= 0.3 is 5.97 Å². The molecule has 0 aliphatic rings. The van der Waals surface area contributed by atoms with Gasteiger partial charge in [0.25, 0.3) is 0 Å². The van der Waals surface area contributed by atoms with E-state index in [9.17, 15) is 4.79 Å². The van der Waals surface area contributed by atoms with E-state index in [-0.39, 0.29) is 0 Å². The minimum atomic E-state index is -0.964. The molecule has 18 heavy (non-hydrogen) atoms. The summed E-state index contributed by atoms with van der Waals surface area (Å²) in [6.45, 7) is 0. The lowest BCUT2D eigenvalue weighted by atomic mass is 10.2. The van der Waals surface area contributed by atoms with E-state index in [2.05, 4.69) is 5.10 Å². The molecular weight excluding hydrogens is 250 g/mol. The molecule has 0 saturated heterocycles. The molecule has 3 N–H and O–H groups in total. The summed E-state index contributed by atoms with van der Waals surface area (Å²) in [5, 5.41) is 14.2. The number of para-hydroxylation sites is 1. The Morgan fingerprint density at radius 3 is 3.00 bits per heavy atom. The number of thioether (sulfide) groups is 1. The van der Waals surface area contributed by atoms with Crippen LogP contribution in [0.4, 0.5) is 0 Å². The van der Waals surface area contributed by atoms with E-state index in [0.717, 1.165) is 16.6 Å². The van der Waals surface area contributed by atoms with Gasteiger partial charge in [0, 0.05) is 23.9 Å². The molecule has 0 radical (unpaired) electrons. The van der Waals surface area contributed by atoms with Crippen molar-refractivity contribution in [2.24, 2.45) is 12.8 Å². The largest absolute Gasteiger partial charge is 0.480 e. The van der Waals surface area contributed by atoms with Gasteiger partial charge in [0.1, 0.15) is 6.04 Å². The molecule has 0 unspecified atom stereocenters. The molecule has 0 fully saturated rings. The number of rotatable bonds is 5. The lowest BCUT2D eigenvalue weighted by molar-refractivity contribution is -0.137. The van der Waals surface area contributed by atoms with Gasteiger partial charge in [-0.3, -0.25) is 9.48 Å². The van der Waals surface area contributed by atoms with Crippen LogP contribution in [-0.4, -0.2) is 32.7 Å². The molecule has 2 aromatic rings. The molecule has 1 atom stereocenters. The maximum atomic E-state index is 10.6. The van der Waals surface area contributed by atoms with Crippen LogP contribution in [0.2, 0.25) is 0 Å². The van der Waals surface area contributed by atoms with Crippen molar-refractivity contribution >= 4 is 28.6 Å².